The molecule has 2 heterocycles. The summed E-state index contributed by atoms with van der Waals surface area (Å²) in [5.41, 5.74) is 2.60. The number of piperazine rings is 1. The van der Waals surface area contributed by atoms with Gasteiger partial charge in [-0.05, 0) is 49.4 Å². The maximum atomic E-state index is 13.0. The Morgan fingerprint density at radius 2 is 1.78 bits per heavy atom. The molecule has 2 aliphatic rings. The van der Waals surface area contributed by atoms with Crippen molar-refractivity contribution >= 4 is 22.9 Å². The van der Waals surface area contributed by atoms with Crippen LogP contribution in [-0.2, 0) is 12.8 Å². The molecule has 1 saturated heterocycles. The van der Waals surface area contributed by atoms with Gasteiger partial charge in [-0.1, -0.05) is 18.9 Å². The SMILES string of the molecule is COc1cccc(N2CCN(C(=O)c3cc4c(s3)CCCCCC4)CC2)c1. The van der Waals surface area contributed by atoms with Crippen LogP contribution >= 0.6 is 11.3 Å². The van der Waals surface area contributed by atoms with Crippen LogP contribution in [0.3, 0.4) is 0 Å². The summed E-state index contributed by atoms with van der Waals surface area (Å²) in [6.07, 6.45) is 7.47. The van der Waals surface area contributed by atoms with E-state index in [0.29, 0.717) is 0 Å². The number of hydrogen-bond acceptors (Lipinski definition) is 4. The lowest BCUT2D eigenvalue weighted by atomic mass is 10.00. The van der Waals surface area contributed by atoms with E-state index in [1.54, 1.807) is 18.4 Å². The number of thiophene rings is 1. The number of methoxy groups -OCH3 is 1. The van der Waals surface area contributed by atoms with E-state index in [4.69, 9.17) is 4.74 Å². The van der Waals surface area contributed by atoms with Crippen LogP contribution in [0.4, 0.5) is 5.69 Å². The smallest absolute Gasteiger partial charge is 0.264 e. The number of carbonyl (C=O) groups is 1. The fraction of sp³-hybridized carbons (Fsp3) is 0.500. The first kappa shape index (κ1) is 18.4. The Hall–Kier alpha value is -2.01. The van der Waals surface area contributed by atoms with Crippen molar-refractivity contribution in [3.8, 4) is 5.75 Å². The second-order valence-electron chi connectivity index (χ2n) is 7.45. The molecule has 1 aromatic heterocycles. The molecule has 0 N–H and O–H groups in total. The van der Waals surface area contributed by atoms with E-state index >= 15 is 0 Å². The molecule has 0 saturated carbocycles. The fourth-order valence-corrected chi connectivity index (χ4v) is 5.30. The highest BCUT2D eigenvalue weighted by molar-refractivity contribution is 7.14. The Kier molecular flexibility index (Phi) is 5.67. The molecular weight excluding hydrogens is 356 g/mol. The van der Waals surface area contributed by atoms with Crippen LogP contribution < -0.4 is 9.64 Å². The van der Waals surface area contributed by atoms with E-state index in [2.05, 4.69) is 23.1 Å². The van der Waals surface area contributed by atoms with E-state index in [-0.39, 0.29) is 5.91 Å². The third-order valence-corrected chi connectivity index (χ3v) is 6.92. The van der Waals surface area contributed by atoms with Crippen molar-refractivity contribution in [3.63, 3.8) is 0 Å². The first-order valence-corrected chi connectivity index (χ1v) is 10.9. The van der Waals surface area contributed by atoms with Gasteiger partial charge in [0.25, 0.3) is 5.91 Å². The molecule has 4 nitrogen and oxygen atoms in total. The van der Waals surface area contributed by atoms with Crippen LogP contribution in [0.5, 0.6) is 5.75 Å². The predicted octanol–water partition coefficient (Wildman–Crippen LogP) is 4.38. The number of benzene rings is 1. The average molecular weight is 385 g/mol. The maximum absolute atomic E-state index is 13.0. The van der Waals surface area contributed by atoms with Crippen molar-refractivity contribution < 1.29 is 9.53 Å². The molecule has 4 rings (SSSR count). The zero-order valence-corrected chi connectivity index (χ0v) is 16.9. The molecule has 1 aliphatic carbocycles. The quantitative estimate of drug-likeness (QED) is 0.787. The van der Waals surface area contributed by atoms with Gasteiger partial charge in [-0.3, -0.25) is 4.79 Å². The summed E-state index contributed by atoms with van der Waals surface area (Å²) >= 11 is 1.74. The van der Waals surface area contributed by atoms with Crippen LogP contribution in [0.25, 0.3) is 0 Å². The summed E-state index contributed by atoms with van der Waals surface area (Å²) in [5, 5.41) is 0. The van der Waals surface area contributed by atoms with Crippen molar-refractivity contribution in [1.82, 2.24) is 4.90 Å². The van der Waals surface area contributed by atoms with Crippen molar-refractivity contribution in [3.05, 3.63) is 45.6 Å². The molecule has 1 fully saturated rings. The lowest BCUT2D eigenvalue weighted by molar-refractivity contribution is 0.0751. The van der Waals surface area contributed by atoms with E-state index in [9.17, 15) is 4.79 Å². The number of hydrogen-bond donors (Lipinski definition) is 0. The summed E-state index contributed by atoms with van der Waals surface area (Å²) in [5.74, 6) is 1.10. The molecule has 1 amide bonds. The molecule has 27 heavy (non-hydrogen) atoms. The maximum Gasteiger partial charge on any atom is 0.264 e. The van der Waals surface area contributed by atoms with Crippen molar-refractivity contribution in [1.29, 1.82) is 0 Å². The van der Waals surface area contributed by atoms with Crippen molar-refractivity contribution in [2.45, 2.75) is 38.5 Å². The first-order chi connectivity index (χ1) is 13.2. The molecular formula is C22H28N2O2S. The standard InChI is InChI=1S/C22H28N2O2S/c1-26-19-9-6-8-18(16-19)23-11-13-24(14-12-23)22(25)21-15-17-7-4-2-3-5-10-20(17)27-21/h6,8-9,15-16H,2-5,7,10-14H2,1H3. The number of ether oxygens (including phenoxy) is 1. The van der Waals surface area contributed by atoms with Crippen LogP contribution in [0.1, 0.15) is 45.8 Å². The van der Waals surface area contributed by atoms with Gasteiger partial charge in [0.2, 0.25) is 0 Å². The molecule has 0 atom stereocenters. The molecule has 0 bridgehead atoms. The zero-order valence-electron chi connectivity index (χ0n) is 16.1. The van der Waals surface area contributed by atoms with Crippen LogP contribution in [-0.4, -0.2) is 44.1 Å². The normalized spacial score (nSPS) is 17.8. The molecule has 0 spiro atoms. The number of fused-ring (bicyclic) bond motifs is 1. The zero-order chi connectivity index (χ0) is 18.6. The monoisotopic (exact) mass is 384 g/mol. The van der Waals surface area contributed by atoms with Crippen LogP contribution in [0.15, 0.2) is 30.3 Å². The lowest BCUT2D eigenvalue weighted by Gasteiger charge is -2.36. The fourth-order valence-electron chi connectivity index (χ4n) is 4.08. The van der Waals surface area contributed by atoms with E-state index in [1.165, 1.54) is 41.8 Å². The summed E-state index contributed by atoms with van der Waals surface area (Å²) in [6, 6.07) is 10.3. The van der Waals surface area contributed by atoms with Crippen molar-refractivity contribution in [2.75, 3.05) is 38.2 Å². The minimum atomic E-state index is 0.219. The molecule has 144 valence electrons. The molecule has 0 unspecified atom stereocenters. The third-order valence-electron chi connectivity index (χ3n) is 5.69. The minimum absolute atomic E-state index is 0.219. The van der Waals surface area contributed by atoms with E-state index in [1.807, 2.05) is 17.0 Å². The van der Waals surface area contributed by atoms with Gasteiger partial charge in [-0.2, -0.15) is 0 Å². The Morgan fingerprint density at radius 1 is 1.00 bits per heavy atom. The largest absolute Gasteiger partial charge is 0.497 e. The predicted molar refractivity (Wildman–Crippen MR) is 111 cm³/mol. The summed E-state index contributed by atoms with van der Waals surface area (Å²) in [6.45, 7) is 3.28. The van der Waals surface area contributed by atoms with Crippen molar-refractivity contribution in [2.24, 2.45) is 0 Å². The highest BCUT2D eigenvalue weighted by Crippen LogP contribution is 2.30. The summed E-state index contributed by atoms with van der Waals surface area (Å²) in [4.78, 5) is 19.8. The Labute approximate surface area is 165 Å². The number of aryl methyl sites for hydroxylation is 2. The minimum Gasteiger partial charge on any atom is -0.497 e. The van der Waals surface area contributed by atoms with Gasteiger partial charge in [0.15, 0.2) is 0 Å². The van der Waals surface area contributed by atoms with Gasteiger partial charge < -0.3 is 14.5 Å². The third kappa shape index (κ3) is 4.13. The van der Waals surface area contributed by atoms with Crippen LogP contribution in [0.2, 0.25) is 0 Å². The lowest BCUT2D eigenvalue weighted by Crippen LogP contribution is -2.48. The van der Waals surface area contributed by atoms with Gasteiger partial charge in [0.05, 0.1) is 12.0 Å². The van der Waals surface area contributed by atoms with E-state index in [0.717, 1.165) is 49.6 Å². The van der Waals surface area contributed by atoms with Gasteiger partial charge in [-0.15, -0.1) is 11.3 Å². The number of carbonyl (C=O) groups excluding carboxylic acids is 1. The Bertz CT molecular complexity index is 768. The first-order valence-electron chi connectivity index (χ1n) is 10.0. The number of amides is 1. The van der Waals surface area contributed by atoms with Gasteiger partial charge in [0.1, 0.15) is 5.75 Å². The molecule has 0 radical (unpaired) electrons. The molecule has 1 aliphatic heterocycles. The van der Waals surface area contributed by atoms with Gasteiger partial charge in [-0.25, -0.2) is 0 Å². The second-order valence-corrected chi connectivity index (χ2v) is 8.59. The number of nitrogens with zero attached hydrogens (tertiary/aromatic N) is 2. The number of rotatable bonds is 3. The molecule has 5 heteroatoms. The summed E-state index contributed by atoms with van der Waals surface area (Å²) < 4.78 is 5.33. The molecule has 1 aromatic carbocycles. The Balaban J connectivity index is 1.40. The summed E-state index contributed by atoms with van der Waals surface area (Å²) in [7, 11) is 1.69. The second kappa shape index (κ2) is 8.34. The van der Waals surface area contributed by atoms with Gasteiger partial charge in [0, 0.05) is 42.8 Å². The highest BCUT2D eigenvalue weighted by atomic mass is 32.1. The highest BCUT2D eigenvalue weighted by Gasteiger charge is 2.25. The van der Waals surface area contributed by atoms with Gasteiger partial charge >= 0.3 is 0 Å². The van der Waals surface area contributed by atoms with E-state index < -0.39 is 0 Å². The average Bonchev–Trinajstić information content (AvgIpc) is 3.09. The number of anilines is 1. The Morgan fingerprint density at radius 3 is 2.56 bits per heavy atom. The topological polar surface area (TPSA) is 32.8 Å². The molecule has 2 aromatic rings. The van der Waals surface area contributed by atoms with Crippen LogP contribution in [0, 0.1) is 0 Å².